The number of carbonyl (C=O) groups excluding carboxylic acids is 3. The van der Waals surface area contributed by atoms with E-state index >= 15 is 0 Å². The Morgan fingerprint density at radius 3 is 2.54 bits per heavy atom. The van der Waals surface area contributed by atoms with Crippen LogP contribution in [-0.4, -0.2) is 33.4 Å². The van der Waals surface area contributed by atoms with Crippen molar-refractivity contribution < 1.29 is 19.3 Å². The fraction of sp³-hybridized carbons (Fsp3) is 0.0357. The van der Waals surface area contributed by atoms with Crippen LogP contribution in [0.25, 0.3) is 16.8 Å². The van der Waals surface area contributed by atoms with Crippen molar-refractivity contribution in [2.75, 3.05) is 11.9 Å². The molecule has 0 saturated carbocycles. The van der Waals surface area contributed by atoms with Crippen LogP contribution < -0.4 is 5.32 Å². The van der Waals surface area contributed by atoms with E-state index in [2.05, 4.69) is 5.32 Å². The van der Waals surface area contributed by atoms with Crippen LogP contribution in [0.2, 0.25) is 5.02 Å². The van der Waals surface area contributed by atoms with Gasteiger partial charge in [-0.2, -0.15) is 0 Å². The Hall–Kier alpha value is -4.12. The summed E-state index contributed by atoms with van der Waals surface area (Å²) in [5, 5.41) is 16.3. The van der Waals surface area contributed by atoms with Crippen LogP contribution in [0.5, 0.6) is 0 Å². The van der Waals surface area contributed by atoms with Gasteiger partial charge >= 0.3 is 0 Å². The van der Waals surface area contributed by atoms with Crippen molar-refractivity contribution in [3.05, 3.63) is 111 Å². The van der Waals surface area contributed by atoms with E-state index < -0.39 is 28.5 Å². The average molecular weight is 576 g/mol. The third-order valence-corrected chi connectivity index (χ3v) is 7.99. The zero-order chi connectivity index (χ0) is 27.5. The summed E-state index contributed by atoms with van der Waals surface area (Å²) in [6, 6.07) is 24.5. The van der Waals surface area contributed by atoms with Gasteiger partial charge < -0.3 is 5.32 Å². The first kappa shape index (κ1) is 26.5. The predicted molar refractivity (Wildman–Crippen MR) is 154 cm³/mol. The average Bonchev–Trinajstić information content (AvgIpc) is 3.18. The number of nitro groups is 1. The molecule has 0 aromatic heterocycles. The Morgan fingerprint density at radius 2 is 1.77 bits per heavy atom. The van der Waals surface area contributed by atoms with Crippen molar-refractivity contribution in [2.45, 2.75) is 9.79 Å². The van der Waals surface area contributed by atoms with E-state index in [1.165, 1.54) is 23.9 Å². The number of nitrogens with one attached hydrogen (secondary N) is 1. The van der Waals surface area contributed by atoms with Crippen LogP contribution >= 0.6 is 35.1 Å². The molecule has 4 aromatic carbocycles. The summed E-state index contributed by atoms with van der Waals surface area (Å²) in [6.45, 7) is -0.456. The van der Waals surface area contributed by atoms with Crippen LogP contribution in [0.3, 0.4) is 0 Å². The van der Waals surface area contributed by atoms with Gasteiger partial charge in [0.1, 0.15) is 6.54 Å². The zero-order valence-electron chi connectivity index (χ0n) is 20.0. The molecule has 0 spiro atoms. The predicted octanol–water partition coefficient (Wildman–Crippen LogP) is 7.23. The summed E-state index contributed by atoms with van der Waals surface area (Å²) in [5.74, 6) is -1.16. The van der Waals surface area contributed by atoms with Crippen molar-refractivity contribution >= 4 is 80.4 Å². The van der Waals surface area contributed by atoms with Gasteiger partial charge in [0.25, 0.3) is 16.8 Å². The highest BCUT2D eigenvalue weighted by Gasteiger charge is 2.36. The molecule has 0 unspecified atom stereocenters. The van der Waals surface area contributed by atoms with Crippen LogP contribution in [0.1, 0.15) is 5.56 Å². The first-order valence-corrected chi connectivity index (χ1v) is 13.5. The summed E-state index contributed by atoms with van der Waals surface area (Å²) in [7, 11) is 0. The van der Waals surface area contributed by atoms with Gasteiger partial charge in [-0.3, -0.25) is 29.4 Å². The quantitative estimate of drug-likeness (QED) is 0.141. The molecule has 0 bridgehead atoms. The molecular formula is C28H18ClN3O5S2. The lowest BCUT2D eigenvalue weighted by atomic mass is 10.1. The Bertz CT molecular complexity index is 1670. The van der Waals surface area contributed by atoms with E-state index in [9.17, 15) is 24.5 Å². The van der Waals surface area contributed by atoms with Gasteiger partial charge in [0.15, 0.2) is 0 Å². The van der Waals surface area contributed by atoms with Gasteiger partial charge in [0.05, 0.1) is 14.7 Å². The van der Waals surface area contributed by atoms with Crippen molar-refractivity contribution in [2.24, 2.45) is 0 Å². The van der Waals surface area contributed by atoms with E-state index in [-0.39, 0.29) is 10.6 Å². The molecule has 1 saturated heterocycles. The monoisotopic (exact) mass is 575 g/mol. The molecule has 0 radical (unpaired) electrons. The fourth-order valence-corrected chi connectivity index (χ4v) is 5.80. The lowest BCUT2D eigenvalue weighted by Gasteiger charge is -2.13. The third kappa shape index (κ3) is 5.98. The maximum absolute atomic E-state index is 13.0. The molecule has 4 aromatic rings. The van der Waals surface area contributed by atoms with Crippen molar-refractivity contribution in [1.82, 2.24) is 4.90 Å². The fourth-order valence-electron chi connectivity index (χ4n) is 3.94. The highest BCUT2D eigenvalue weighted by atomic mass is 35.5. The molecule has 8 nitrogen and oxygen atoms in total. The number of hydrogen-bond acceptors (Lipinski definition) is 7. The largest absolute Gasteiger partial charge is 0.324 e. The standard InChI is InChI=1S/C28H18ClN3O5S2/c29-19-9-11-20(12-10-19)38-24-13-8-17(14-23(24)32(36)37)15-25-27(34)31(28(35)39-25)16-26(33)30-22-7-3-5-18-4-1-2-6-21(18)22/h1-15H,16H2,(H,30,33)/b25-15-. The van der Waals surface area contributed by atoms with Gasteiger partial charge in [-0.25, -0.2) is 0 Å². The second-order valence-corrected chi connectivity index (χ2v) is 10.9. The van der Waals surface area contributed by atoms with Crippen LogP contribution in [0.15, 0.2) is 99.6 Å². The summed E-state index contributed by atoms with van der Waals surface area (Å²) in [4.78, 5) is 51.6. The maximum Gasteiger partial charge on any atom is 0.294 e. The zero-order valence-corrected chi connectivity index (χ0v) is 22.4. The third-order valence-electron chi connectivity index (χ3n) is 5.76. The second kappa shape index (κ2) is 11.3. The molecule has 5 rings (SSSR count). The molecular weight excluding hydrogens is 558 g/mol. The number of fused-ring (bicyclic) bond motifs is 1. The maximum atomic E-state index is 13.0. The number of thioether (sulfide) groups is 1. The first-order chi connectivity index (χ1) is 18.8. The number of anilines is 1. The number of rotatable bonds is 7. The minimum Gasteiger partial charge on any atom is -0.324 e. The lowest BCUT2D eigenvalue weighted by molar-refractivity contribution is -0.387. The summed E-state index contributed by atoms with van der Waals surface area (Å²) >= 11 is 7.81. The van der Waals surface area contributed by atoms with Gasteiger partial charge in [0.2, 0.25) is 5.91 Å². The van der Waals surface area contributed by atoms with E-state index in [4.69, 9.17) is 11.6 Å². The van der Waals surface area contributed by atoms with Crippen molar-refractivity contribution in [3.63, 3.8) is 0 Å². The van der Waals surface area contributed by atoms with E-state index in [1.807, 2.05) is 30.3 Å². The minimum absolute atomic E-state index is 0.0744. The Morgan fingerprint density at radius 1 is 1.03 bits per heavy atom. The second-order valence-electron chi connectivity index (χ2n) is 8.38. The van der Waals surface area contributed by atoms with Gasteiger partial charge in [0, 0.05) is 27.1 Å². The molecule has 0 aliphatic carbocycles. The summed E-state index contributed by atoms with van der Waals surface area (Å²) in [6.07, 6.45) is 1.41. The van der Waals surface area contributed by atoms with Gasteiger partial charge in [-0.1, -0.05) is 65.8 Å². The number of imide groups is 1. The topological polar surface area (TPSA) is 110 Å². The number of halogens is 1. The van der Waals surface area contributed by atoms with E-state index in [0.717, 1.165) is 20.6 Å². The molecule has 1 N–H and O–H groups in total. The number of benzene rings is 4. The lowest BCUT2D eigenvalue weighted by Crippen LogP contribution is -2.36. The molecule has 194 valence electrons. The van der Waals surface area contributed by atoms with E-state index in [1.54, 1.807) is 48.5 Å². The molecule has 1 fully saturated rings. The SMILES string of the molecule is O=C(CN1C(=O)S/C(=C\c2ccc(Sc3ccc(Cl)cc3)c([N+](=O)[O-])c2)C1=O)Nc1cccc2ccccc12. The molecule has 39 heavy (non-hydrogen) atoms. The molecule has 1 aliphatic rings. The van der Waals surface area contributed by atoms with Gasteiger partial charge in [-0.15, -0.1) is 0 Å². The minimum atomic E-state index is -0.639. The summed E-state index contributed by atoms with van der Waals surface area (Å²) < 4.78 is 0. The van der Waals surface area contributed by atoms with E-state index in [0.29, 0.717) is 32.9 Å². The number of amides is 3. The van der Waals surface area contributed by atoms with Crippen molar-refractivity contribution in [1.29, 1.82) is 0 Å². The number of nitrogens with zero attached hydrogens (tertiary/aromatic N) is 2. The van der Waals surface area contributed by atoms with Crippen LogP contribution in [0.4, 0.5) is 16.2 Å². The smallest absolute Gasteiger partial charge is 0.294 e. The number of carbonyl (C=O) groups is 3. The molecule has 3 amide bonds. The Kier molecular flexibility index (Phi) is 7.69. The summed E-state index contributed by atoms with van der Waals surface area (Å²) in [5.41, 5.74) is 0.815. The molecule has 11 heteroatoms. The van der Waals surface area contributed by atoms with Crippen molar-refractivity contribution in [3.8, 4) is 0 Å². The number of hydrogen-bond donors (Lipinski definition) is 1. The highest BCUT2D eigenvalue weighted by Crippen LogP contribution is 2.38. The number of nitro benzene ring substituents is 1. The molecule has 0 atom stereocenters. The first-order valence-electron chi connectivity index (χ1n) is 11.5. The normalized spacial score (nSPS) is 14.3. The van der Waals surface area contributed by atoms with Gasteiger partial charge in [-0.05, 0) is 65.2 Å². The highest BCUT2D eigenvalue weighted by molar-refractivity contribution is 8.18. The van der Waals surface area contributed by atoms with Crippen LogP contribution in [0, 0.1) is 10.1 Å². The Balaban J connectivity index is 1.31. The Labute approximate surface area is 236 Å². The molecule has 1 aliphatic heterocycles. The molecule has 1 heterocycles. The van der Waals surface area contributed by atoms with Crippen LogP contribution in [-0.2, 0) is 9.59 Å².